The largest absolute Gasteiger partial charge is 0.481 e. The van der Waals surface area contributed by atoms with E-state index in [-0.39, 0.29) is 11.1 Å². The first kappa shape index (κ1) is 14.4. The van der Waals surface area contributed by atoms with Crippen LogP contribution in [0.15, 0.2) is 24.3 Å². The van der Waals surface area contributed by atoms with Gasteiger partial charge in [0.2, 0.25) is 0 Å². The lowest BCUT2D eigenvalue weighted by atomic mass is 10.1. The number of ether oxygens (including phenoxy) is 1. The van der Waals surface area contributed by atoms with Crippen LogP contribution >= 0.6 is 0 Å². The van der Waals surface area contributed by atoms with E-state index in [0.29, 0.717) is 0 Å². The van der Waals surface area contributed by atoms with Crippen molar-refractivity contribution in [3.63, 3.8) is 0 Å². The predicted molar refractivity (Wildman–Crippen MR) is 60.7 cm³/mol. The molecular weight excluding hydrogens is 256 g/mol. The summed E-state index contributed by atoms with van der Waals surface area (Å²) in [6.07, 6.45) is -0.835. The molecule has 2 N–H and O–H groups in total. The minimum absolute atomic E-state index is 0.00578. The first-order valence-corrected chi connectivity index (χ1v) is 5.20. The molecule has 0 radical (unpaired) electrons. The molecule has 0 spiro atoms. The zero-order chi connectivity index (χ0) is 14.4. The van der Waals surface area contributed by atoms with Crippen molar-refractivity contribution in [2.75, 3.05) is 0 Å². The van der Waals surface area contributed by atoms with Crippen LogP contribution in [0.1, 0.15) is 33.6 Å². The zero-order valence-corrected chi connectivity index (χ0v) is 9.66. The highest BCUT2D eigenvalue weighted by Crippen LogP contribution is 2.07. The lowest BCUT2D eigenvalue weighted by Crippen LogP contribution is -2.14. The quantitative estimate of drug-likeness (QED) is 0.601. The van der Waals surface area contributed by atoms with E-state index in [9.17, 15) is 19.2 Å². The van der Waals surface area contributed by atoms with E-state index >= 15 is 0 Å². The smallest absolute Gasteiger partial charge is 0.345 e. The number of carbonyl (C=O) groups excluding carboxylic acids is 2. The molecule has 0 atom stereocenters. The third-order valence-electron chi connectivity index (χ3n) is 2.12. The predicted octanol–water partition coefficient (Wildman–Crippen LogP) is 0.933. The second kappa shape index (κ2) is 6.29. The molecule has 1 rings (SSSR count). The standard InChI is InChI=1S/C12H10O7/c13-9(14)5-6-10(15)19-12(18)8-3-1-7(2-4-8)11(16)17/h1-4H,5-6H2,(H,13,14)(H,16,17). The summed E-state index contributed by atoms with van der Waals surface area (Å²) in [4.78, 5) is 43.3. The molecule has 0 aliphatic rings. The van der Waals surface area contributed by atoms with Gasteiger partial charge in [-0.1, -0.05) is 0 Å². The molecule has 0 heterocycles. The summed E-state index contributed by atoms with van der Waals surface area (Å²) < 4.78 is 4.40. The highest BCUT2D eigenvalue weighted by atomic mass is 16.6. The fourth-order valence-corrected chi connectivity index (χ4v) is 1.17. The normalized spacial score (nSPS) is 9.68. The first-order chi connectivity index (χ1) is 8.90. The molecule has 0 aliphatic carbocycles. The van der Waals surface area contributed by atoms with Gasteiger partial charge in [0.25, 0.3) is 0 Å². The Bertz CT molecular complexity index is 515. The summed E-state index contributed by atoms with van der Waals surface area (Å²) in [5.41, 5.74) is 0.00225. The molecule has 7 nitrogen and oxygen atoms in total. The minimum atomic E-state index is -1.17. The summed E-state index contributed by atoms with van der Waals surface area (Å²) in [6.45, 7) is 0. The first-order valence-electron chi connectivity index (χ1n) is 5.20. The van der Waals surface area contributed by atoms with Gasteiger partial charge in [0, 0.05) is 0 Å². The fraction of sp³-hybridized carbons (Fsp3) is 0.167. The van der Waals surface area contributed by atoms with Crippen molar-refractivity contribution in [1.29, 1.82) is 0 Å². The maximum atomic E-state index is 11.4. The average Bonchev–Trinajstić information content (AvgIpc) is 2.36. The van der Waals surface area contributed by atoms with Gasteiger partial charge >= 0.3 is 23.9 Å². The lowest BCUT2D eigenvalue weighted by Gasteiger charge is -2.02. The molecule has 0 unspecified atom stereocenters. The summed E-state index contributed by atoms with van der Waals surface area (Å²) in [6, 6.07) is 4.80. The Balaban J connectivity index is 2.60. The second-order valence-corrected chi connectivity index (χ2v) is 3.54. The molecule has 0 fully saturated rings. The summed E-state index contributed by atoms with van der Waals surface area (Å²) in [7, 11) is 0. The van der Waals surface area contributed by atoms with E-state index in [1.54, 1.807) is 0 Å². The fourth-order valence-electron chi connectivity index (χ4n) is 1.17. The van der Waals surface area contributed by atoms with Crippen LogP contribution in [0, 0.1) is 0 Å². The Kier molecular flexibility index (Phi) is 4.76. The summed E-state index contributed by atoms with van der Waals surface area (Å²) in [5, 5.41) is 17.0. The maximum Gasteiger partial charge on any atom is 0.345 e. The van der Waals surface area contributed by atoms with Gasteiger partial charge in [-0.05, 0) is 24.3 Å². The van der Waals surface area contributed by atoms with Crippen LogP contribution in [0.25, 0.3) is 0 Å². The SMILES string of the molecule is O=C(O)CCC(=O)OC(=O)c1ccc(C(=O)O)cc1. The molecular formula is C12H10O7. The molecule has 0 saturated heterocycles. The molecule has 0 amide bonds. The topological polar surface area (TPSA) is 118 Å². The van der Waals surface area contributed by atoms with Crippen LogP contribution < -0.4 is 0 Å². The summed E-state index contributed by atoms with van der Waals surface area (Å²) in [5.74, 6) is -4.21. The second-order valence-electron chi connectivity index (χ2n) is 3.54. The van der Waals surface area contributed by atoms with Gasteiger partial charge in [0.05, 0.1) is 24.0 Å². The van der Waals surface area contributed by atoms with Crippen molar-refractivity contribution in [3.05, 3.63) is 35.4 Å². The molecule has 1 aromatic carbocycles. The third-order valence-corrected chi connectivity index (χ3v) is 2.12. The monoisotopic (exact) mass is 266 g/mol. The Labute approximate surface area is 107 Å². The average molecular weight is 266 g/mol. The Morgan fingerprint density at radius 3 is 1.89 bits per heavy atom. The van der Waals surface area contributed by atoms with Gasteiger partial charge in [-0.25, -0.2) is 9.59 Å². The van der Waals surface area contributed by atoms with Crippen molar-refractivity contribution in [2.45, 2.75) is 12.8 Å². The molecule has 0 aromatic heterocycles. The van der Waals surface area contributed by atoms with Crippen LogP contribution in [0.2, 0.25) is 0 Å². The Hall–Kier alpha value is -2.70. The van der Waals surface area contributed by atoms with Crippen molar-refractivity contribution < 1.29 is 34.1 Å². The summed E-state index contributed by atoms with van der Waals surface area (Å²) >= 11 is 0. The van der Waals surface area contributed by atoms with Gasteiger partial charge in [-0.15, -0.1) is 0 Å². The zero-order valence-electron chi connectivity index (χ0n) is 9.66. The number of hydrogen-bond acceptors (Lipinski definition) is 5. The van der Waals surface area contributed by atoms with E-state index in [0.717, 1.165) is 0 Å². The van der Waals surface area contributed by atoms with Crippen molar-refractivity contribution in [3.8, 4) is 0 Å². The number of carboxylic acid groups (broad SMARTS) is 2. The van der Waals surface area contributed by atoms with Crippen LogP contribution in [0.4, 0.5) is 0 Å². The highest BCUT2D eigenvalue weighted by Gasteiger charge is 2.14. The van der Waals surface area contributed by atoms with Crippen molar-refractivity contribution >= 4 is 23.9 Å². The lowest BCUT2D eigenvalue weighted by molar-refractivity contribution is -0.144. The van der Waals surface area contributed by atoms with E-state index in [1.165, 1.54) is 24.3 Å². The molecule has 19 heavy (non-hydrogen) atoms. The third kappa shape index (κ3) is 4.58. The number of hydrogen-bond donors (Lipinski definition) is 2. The minimum Gasteiger partial charge on any atom is -0.481 e. The number of rotatable bonds is 5. The van der Waals surface area contributed by atoms with E-state index in [4.69, 9.17) is 10.2 Å². The van der Waals surface area contributed by atoms with Crippen molar-refractivity contribution in [2.24, 2.45) is 0 Å². The Morgan fingerprint density at radius 1 is 0.895 bits per heavy atom. The van der Waals surface area contributed by atoms with E-state index in [1.807, 2.05) is 0 Å². The van der Waals surface area contributed by atoms with Gasteiger partial charge in [-0.3, -0.25) is 9.59 Å². The molecule has 1 aromatic rings. The molecule has 100 valence electrons. The molecule has 0 saturated carbocycles. The van der Waals surface area contributed by atoms with Gasteiger partial charge < -0.3 is 14.9 Å². The number of esters is 2. The number of carboxylic acids is 2. The van der Waals surface area contributed by atoms with Crippen LogP contribution in [0.5, 0.6) is 0 Å². The van der Waals surface area contributed by atoms with Gasteiger partial charge in [-0.2, -0.15) is 0 Å². The molecule has 7 heteroatoms. The number of carbonyl (C=O) groups is 4. The number of aromatic carboxylic acids is 1. The van der Waals surface area contributed by atoms with E-state index < -0.39 is 36.7 Å². The van der Waals surface area contributed by atoms with Crippen molar-refractivity contribution in [1.82, 2.24) is 0 Å². The highest BCUT2D eigenvalue weighted by molar-refractivity contribution is 5.98. The van der Waals surface area contributed by atoms with E-state index in [2.05, 4.69) is 4.74 Å². The van der Waals surface area contributed by atoms with Gasteiger partial charge in [0.1, 0.15) is 0 Å². The van der Waals surface area contributed by atoms with Crippen LogP contribution in [0.3, 0.4) is 0 Å². The van der Waals surface area contributed by atoms with Crippen LogP contribution in [-0.2, 0) is 14.3 Å². The number of aliphatic carboxylic acids is 1. The molecule has 0 aliphatic heterocycles. The van der Waals surface area contributed by atoms with Gasteiger partial charge in [0.15, 0.2) is 0 Å². The van der Waals surface area contributed by atoms with Crippen LogP contribution in [-0.4, -0.2) is 34.1 Å². The maximum absolute atomic E-state index is 11.4. The number of benzene rings is 1. The molecule has 0 bridgehead atoms. The Morgan fingerprint density at radius 2 is 1.42 bits per heavy atom.